The number of hydrogen-bond donors (Lipinski definition) is 4. The van der Waals surface area contributed by atoms with E-state index < -0.39 is 11.9 Å². The molecule has 6 nitrogen and oxygen atoms in total. The highest BCUT2D eigenvalue weighted by Gasteiger charge is 2.15. The predicted molar refractivity (Wildman–Crippen MR) is 163 cm³/mol. The quantitative estimate of drug-likeness (QED) is 0.136. The van der Waals surface area contributed by atoms with Gasteiger partial charge in [-0.2, -0.15) is 0 Å². The highest BCUT2D eigenvalue weighted by molar-refractivity contribution is 5.63. The van der Waals surface area contributed by atoms with Crippen LogP contribution in [-0.4, -0.2) is 32.4 Å². The van der Waals surface area contributed by atoms with Crippen molar-refractivity contribution in [3.8, 4) is 11.5 Å². The fourth-order valence-corrected chi connectivity index (χ4v) is 4.52. The molecule has 1 aromatic carbocycles. The molecular weight excluding hydrogens is 492 g/mol. The Morgan fingerprint density at radius 3 is 1.49 bits per heavy atom. The molecule has 0 saturated heterocycles. The van der Waals surface area contributed by atoms with Crippen LogP contribution in [0.3, 0.4) is 0 Å². The Bertz CT molecular complexity index is 836. The number of carbonyl (C=O) groups is 2. The van der Waals surface area contributed by atoms with Gasteiger partial charge in [0.1, 0.15) is 11.5 Å². The SMILES string of the molecule is C/C(=C\Cc1c(C)c(O)c(C)c(C)c1O)CCC[C@H](C)CCC[C@H](C)CCCC(C)C.CC(=O)O.CC(=O)O. The van der Waals surface area contributed by atoms with Crippen LogP contribution in [0.4, 0.5) is 0 Å². The number of allylic oxidation sites excluding steroid dienone is 2. The van der Waals surface area contributed by atoms with Crippen molar-refractivity contribution < 1.29 is 30.0 Å². The minimum atomic E-state index is -0.833. The van der Waals surface area contributed by atoms with Gasteiger partial charge in [-0.15, -0.1) is 0 Å². The zero-order valence-corrected chi connectivity index (χ0v) is 26.5. The van der Waals surface area contributed by atoms with Gasteiger partial charge >= 0.3 is 0 Å². The van der Waals surface area contributed by atoms with E-state index in [2.05, 4.69) is 40.7 Å². The van der Waals surface area contributed by atoms with Gasteiger partial charge in [0, 0.05) is 19.4 Å². The number of carboxylic acid groups (broad SMARTS) is 2. The van der Waals surface area contributed by atoms with Crippen LogP contribution in [0.25, 0.3) is 0 Å². The van der Waals surface area contributed by atoms with Crippen LogP contribution in [0.1, 0.15) is 129 Å². The van der Waals surface area contributed by atoms with Crippen molar-refractivity contribution in [2.24, 2.45) is 17.8 Å². The second-order valence-corrected chi connectivity index (χ2v) is 11.7. The summed E-state index contributed by atoms with van der Waals surface area (Å²) in [6.45, 7) is 19.5. The summed E-state index contributed by atoms with van der Waals surface area (Å²) >= 11 is 0. The molecule has 0 bridgehead atoms. The topological polar surface area (TPSA) is 115 Å². The lowest BCUT2D eigenvalue weighted by Crippen LogP contribution is -2.00. The summed E-state index contributed by atoms with van der Waals surface area (Å²) in [6, 6.07) is 0. The standard InChI is InChI=1S/C29H50O2.2C2H4O2/c1-20(2)12-9-13-21(3)14-10-15-22(4)16-11-17-23(5)18-19-27-26(8)28(30)24(6)25(7)29(27)31;2*1-2(3)4/h18,20-22,30-31H,9-17,19H2,1-8H3;2*1H3,(H,3,4)/b23-18+;;/t21-,22-;;/m1../s1. The van der Waals surface area contributed by atoms with Gasteiger partial charge < -0.3 is 20.4 Å². The molecule has 0 heterocycles. The van der Waals surface area contributed by atoms with Crippen molar-refractivity contribution in [2.45, 2.75) is 133 Å². The fraction of sp³-hybridized carbons (Fsp3) is 0.697. The van der Waals surface area contributed by atoms with Gasteiger partial charge in [-0.05, 0) is 81.4 Å². The number of hydrogen-bond acceptors (Lipinski definition) is 4. The van der Waals surface area contributed by atoms with Crippen molar-refractivity contribution in [2.75, 3.05) is 0 Å². The Morgan fingerprint density at radius 2 is 1.05 bits per heavy atom. The van der Waals surface area contributed by atoms with E-state index in [0.29, 0.717) is 17.9 Å². The average molecular weight is 551 g/mol. The third-order valence-corrected chi connectivity index (χ3v) is 7.16. The molecule has 0 aliphatic rings. The van der Waals surface area contributed by atoms with Crippen molar-refractivity contribution in [1.82, 2.24) is 0 Å². The lowest BCUT2D eigenvalue weighted by Gasteiger charge is -2.16. The molecule has 4 N–H and O–H groups in total. The second-order valence-electron chi connectivity index (χ2n) is 11.7. The smallest absolute Gasteiger partial charge is 0.300 e. The van der Waals surface area contributed by atoms with Crippen molar-refractivity contribution in [3.63, 3.8) is 0 Å². The van der Waals surface area contributed by atoms with Gasteiger partial charge in [-0.1, -0.05) is 84.3 Å². The molecule has 0 radical (unpaired) electrons. The Morgan fingerprint density at radius 1 is 0.667 bits per heavy atom. The normalized spacial score (nSPS) is 12.6. The van der Waals surface area contributed by atoms with E-state index in [1.54, 1.807) is 0 Å². The Balaban J connectivity index is 0. The summed E-state index contributed by atoms with van der Waals surface area (Å²) in [5.74, 6) is 1.51. The maximum absolute atomic E-state index is 10.5. The molecule has 226 valence electrons. The Kier molecular flexibility index (Phi) is 21.1. The monoisotopic (exact) mass is 550 g/mol. The molecule has 0 unspecified atom stereocenters. The summed E-state index contributed by atoms with van der Waals surface area (Å²) < 4.78 is 0. The Hall–Kier alpha value is -2.50. The summed E-state index contributed by atoms with van der Waals surface area (Å²) in [5.41, 5.74) is 4.60. The van der Waals surface area contributed by atoms with Crippen LogP contribution in [0, 0.1) is 38.5 Å². The summed E-state index contributed by atoms with van der Waals surface area (Å²) in [4.78, 5) is 18.0. The van der Waals surface area contributed by atoms with Gasteiger partial charge in [0.25, 0.3) is 11.9 Å². The lowest BCUT2D eigenvalue weighted by atomic mass is 9.91. The van der Waals surface area contributed by atoms with Crippen LogP contribution in [0.2, 0.25) is 0 Å². The third kappa shape index (κ3) is 20.1. The number of benzene rings is 1. The van der Waals surface area contributed by atoms with Crippen molar-refractivity contribution in [1.29, 1.82) is 0 Å². The minimum Gasteiger partial charge on any atom is -0.507 e. The predicted octanol–water partition coefficient (Wildman–Crippen LogP) is 9.13. The van der Waals surface area contributed by atoms with E-state index >= 15 is 0 Å². The minimum absolute atomic E-state index is 0.319. The van der Waals surface area contributed by atoms with Crippen LogP contribution in [0.15, 0.2) is 11.6 Å². The van der Waals surface area contributed by atoms with Gasteiger partial charge in [-0.25, -0.2) is 0 Å². The first-order valence-corrected chi connectivity index (χ1v) is 14.6. The molecule has 0 aliphatic heterocycles. The van der Waals surface area contributed by atoms with Crippen molar-refractivity contribution >= 4 is 11.9 Å². The van der Waals surface area contributed by atoms with Gasteiger partial charge in [0.05, 0.1) is 0 Å². The molecule has 39 heavy (non-hydrogen) atoms. The van der Waals surface area contributed by atoms with E-state index in [1.807, 2.05) is 20.8 Å². The number of aliphatic carboxylic acids is 2. The highest BCUT2D eigenvalue weighted by atomic mass is 16.4. The number of phenols is 2. The largest absolute Gasteiger partial charge is 0.507 e. The molecular formula is C33H58O6. The third-order valence-electron chi connectivity index (χ3n) is 7.16. The van der Waals surface area contributed by atoms with E-state index in [0.717, 1.165) is 60.3 Å². The summed E-state index contributed by atoms with van der Waals surface area (Å²) in [7, 11) is 0. The fourth-order valence-electron chi connectivity index (χ4n) is 4.52. The first-order valence-electron chi connectivity index (χ1n) is 14.6. The van der Waals surface area contributed by atoms with Crippen LogP contribution < -0.4 is 0 Å². The van der Waals surface area contributed by atoms with Gasteiger partial charge in [-0.3, -0.25) is 9.59 Å². The van der Waals surface area contributed by atoms with Gasteiger partial charge in [0.15, 0.2) is 0 Å². The molecule has 0 fully saturated rings. The van der Waals surface area contributed by atoms with Gasteiger partial charge in [0.2, 0.25) is 0 Å². The van der Waals surface area contributed by atoms with E-state index in [4.69, 9.17) is 19.8 Å². The first-order chi connectivity index (χ1) is 18.0. The van der Waals surface area contributed by atoms with E-state index in [1.165, 1.54) is 56.9 Å². The molecule has 2 atom stereocenters. The van der Waals surface area contributed by atoms with Crippen molar-refractivity contribution in [3.05, 3.63) is 33.9 Å². The first kappa shape index (κ1) is 38.6. The molecule has 0 saturated carbocycles. The Labute approximate surface area is 238 Å². The molecule has 0 aliphatic carbocycles. The zero-order valence-electron chi connectivity index (χ0n) is 26.5. The summed E-state index contributed by atoms with van der Waals surface area (Å²) in [5, 5.41) is 35.6. The number of rotatable bonds is 14. The number of aromatic hydroxyl groups is 2. The number of phenolic OH excluding ortho intramolecular Hbond substituents is 2. The maximum atomic E-state index is 10.5. The maximum Gasteiger partial charge on any atom is 0.300 e. The van der Waals surface area contributed by atoms with Crippen LogP contribution >= 0.6 is 0 Å². The van der Waals surface area contributed by atoms with Crippen LogP contribution in [0.5, 0.6) is 11.5 Å². The average Bonchev–Trinajstić information content (AvgIpc) is 2.80. The second kappa shape index (κ2) is 21.3. The highest BCUT2D eigenvalue weighted by Crippen LogP contribution is 2.36. The molecule has 0 amide bonds. The molecule has 6 heteroatoms. The van der Waals surface area contributed by atoms with E-state index in [9.17, 15) is 10.2 Å². The molecule has 1 rings (SSSR count). The lowest BCUT2D eigenvalue weighted by molar-refractivity contribution is -0.135. The molecule has 0 spiro atoms. The number of carboxylic acids is 2. The van der Waals surface area contributed by atoms with E-state index in [-0.39, 0.29) is 0 Å². The molecule has 1 aromatic rings. The summed E-state index contributed by atoms with van der Waals surface area (Å²) in [6.07, 6.45) is 14.8. The zero-order chi connectivity index (χ0) is 30.7. The molecule has 0 aromatic heterocycles. The van der Waals surface area contributed by atoms with Crippen LogP contribution in [-0.2, 0) is 16.0 Å².